The van der Waals surface area contributed by atoms with Gasteiger partial charge in [0.1, 0.15) is 0 Å². The van der Waals surface area contributed by atoms with Crippen molar-refractivity contribution < 1.29 is 23.5 Å². The van der Waals surface area contributed by atoms with Crippen LogP contribution < -0.4 is 14.8 Å². The van der Waals surface area contributed by atoms with Gasteiger partial charge in [0.15, 0.2) is 11.5 Å². The highest BCUT2D eigenvalue weighted by molar-refractivity contribution is 7.99. The van der Waals surface area contributed by atoms with Crippen molar-refractivity contribution >= 4 is 29.3 Å². The number of hydrogen-bond donors (Lipinski definition) is 1. The highest BCUT2D eigenvalue weighted by Gasteiger charge is 2.19. The van der Waals surface area contributed by atoms with E-state index >= 15 is 0 Å². The van der Waals surface area contributed by atoms with E-state index < -0.39 is 0 Å². The summed E-state index contributed by atoms with van der Waals surface area (Å²) in [5.41, 5.74) is 2.37. The number of para-hydroxylation sites is 1. The number of methoxy groups -OCH3 is 2. The SMILES string of the molecule is CCCN(CC(=O)Nc1ccccc1C)C(=O)CSc1nnc(-c2ccc(OC)c(OC)c2)o1. The summed E-state index contributed by atoms with van der Waals surface area (Å²) in [6.07, 6.45) is 0.734. The van der Waals surface area contributed by atoms with Crippen molar-refractivity contribution in [1.29, 1.82) is 0 Å². The lowest BCUT2D eigenvalue weighted by atomic mass is 10.2. The number of anilines is 1. The molecule has 9 nitrogen and oxygen atoms in total. The van der Waals surface area contributed by atoms with Crippen LogP contribution in [0.15, 0.2) is 52.1 Å². The lowest BCUT2D eigenvalue weighted by Crippen LogP contribution is -2.39. The molecule has 34 heavy (non-hydrogen) atoms. The van der Waals surface area contributed by atoms with Crippen LogP contribution in [0.25, 0.3) is 11.5 Å². The molecule has 3 rings (SSSR count). The van der Waals surface area contributed by atoms with Crippen molar-refractivity contribution in [1.82, 2.24) is 15.1 Å². The molecule has 0 aliphatic rings. The van der Waals surface area contributed by atoms with Crippen LogP contribution in [0.2, 0.25) is 0 Å². The Morgan fingerprint density at radius 2 is 1.85 bits per heavy atom. The third-order valence-electron chi connectivity index (χ3n) is 4.96. The van der Waals surface area contributed by atoms with E-state index in [1.807, 2.05) is 38.1 Å². The molecular weight excluding hydrogens is 456 g/mol. The molecule has 0 atom stereocenters. The lowest BCUT2D eigenvalue weighted by Gasteiger charge is -2.21. The number of carbonyl (C=O) groups excluding carboxylic acids is 2. The number of ether oxygens (including phenoxy) is 2. The van der Waals surface area contributed by atoms with Gasteiger partial charge < -0.3 is 24.1 Å². The van der Waals surface area contributed by atoms with Gasteiger partial charge in [-0.25, -0.2) is 0 Å². The zero-order valence-electron chi connectivity index (χ0n) is 19.7. The fourth-order valence-corrected chi connectivity index (χ4v) is 3.87. The molecule has 0 fully saturated rings. The highest BCUT2D eigenvalue weighted by atomic mass is 32.2. The minimum absolute atomic E-state index is 0.0255. The number of thioether (sulfide) groups is 1. The number of nitrogens with one attached hydrogen (secondary N) is 1. The highest BCUT2D eigenvalue weighted by Crippen LogP contribution is 2.32. The van der Waals surface area contributed by atoms with Crippen LogP contribution in [0.1, 0.15) is 18.9 Å². The van der Waals surface area contributed by atoms with Gasteiger partial charge in [-0.1, -0.05) is 36.9 Å². The summed E-state index contributed by atoms with van der Waals surface area (Å²) in [5.74, 6) is 1.09. The number of hydrogen-bond acceptors (Lipinski definition) is 8. The molecule has 2 aromatic carbocycles. The van der Waals surface area contributed by atoms with Gasteiger partial charge in [0.2, 0.25) is 17.7 Å². The molecule has 0 spiro atoms. The van der Waals surface area contributed by atoms with Gasteiger partial charge in [-0.2, -0.15) is 0 Å². The van der Waals surface area contributed by atoms with E-state index in [1.54, 1.807) is 32.4 Å². The quantitative estimate of drug-likeness (QED) is 0.407. The third-order valence-corrected chi connectivity index (χ3v) is 5.76. The maximum Gasteiger partial charge on any atom is 0.277 e. The van der Waals surface area contributed by atoms with Gasteiger partial charge in [-0.05, 0) is 43.2 Å². The Bertz CT molecular complexity index is 1130. The summed E-state index contributed by atoms with van der Waals surface area (Å²) >= 11 is 1.13. The summed E-state index contributed by atoms with van der Waals surface area (Å²) in [7, 11) is 3.11. The Morgan fingerprint density at radius 3 is 2.56 bits per heavy atom. The number of benzene rings is 2. The summed E-state index contributed by atoms with van der Waals surface area (Å²) in [6.45, 7) is 4.32. The number of aryl methyl sites for hydroxylation is 1. The Labute approximate surface area is 202 Å². The van der Waals surface area contributed by atoms with Crippen molar-refractivity contribution in [2.45, 2.75) is 25.5 Å². The van der Waals surface area contributed by atoms with Crippen LogP contribution in [0.3, 0.4) is 0 Å². The predicted molar refractivity (Wildman–Crippen MR) is 130 cm³/mol. The Morgan fingerprint density at radius 1 is 1.09 bits per heavy atom. The topological polar surface area (TPSA) is 107 Å². The molecule has 1 heterocycles. The molecule has 0 aliphatic carbocycles. The van der Waals surface area contributed by atoms with Gasteiger partial charge >= 0.3 is 0 Å². The Hall–Kier alpha value is -3.53. The maximum absolute atomic E-state index is 12.8. The third kappa shape index (κ3) is 6.50. The average Bonchev–Trinajstić information content (AvgIpc) is 3.32. The molecule has 2 amide bonds. The van der Waals surface area contributed by atoms with Gasteiger partial charge in [0.25, 0.3) is 5.22 Å². The molecule has 0 bridgehead atoms. The van der Waals surface area contributed by atoms with E-state index in [-0.39, 0.29) is 29.3 Å². The molecule has 180 valence electrons. The van der Waals surface area contributed by atoms with Crippen molar-refractivity contribution in [3.63, 3.8) is 0 Å². The van der Waals surface area contributed by atoms with E-state index in [2.05, 4.69) is 15.5 Å². The normalized spacial score (nSPS) is 10.6. The second kappa shape index (κ2) is 12.1. The summed E-state index contributed by atoms with van der Waals surface area (Å²) < 4.78 is 16.2. The number of carbonyl (C=O) groups is 2. The van der Waals surface area contributed by atoms with Gasteiger partial charge in [-0.15, -0.1) is 10.2 Å². The van der Waals surface area contributed by atoms with Crippen LogP contribution in [-0.2, 0) is 9.59 Å². The number of aromatic nitrogens is 2. The van der Waals surface area contributed by atoms with E-state index in [0.717, 1.165) is 29.4 Å². The van der Waals surface area contributed by atoms with Crippen LogP contribution >= 0.6 is 11.8 Å². The molecule has 0 saturated heterocycles. The zero-order chi connectivity index (χ0) is 24.5. The molecule has 0 radical (unpaired) electrons. The molecule has 1 aromatic heterocycles. The van der Waals surface area contributed by atoms with Crippen molar-refractivity contribution in [3.05, 3.63) is 48.0 Å². The number of amides is 2. The van der Waals surface area contributed by atoms with Gasteiger partial charge in [0, 0.05) is 17.8 Å². The first-order valence-corrected chi connectivity index (χ1v) is 11.8. The summed E-state index contributed by atoms with van der Waals surface area (Å²) in [4.78, 5) is 26.8. The van der Waals surface area contributed by atoms with Gasteiger partial charge in [0.05, 0.1) is 26.5 Å². The van der Waals surface area contributed by atoms with Crippen LogP contribution in [0.5, 0.6) is 11.5 Å². The molecule has 3 aromatic rings. The second-order valence-electron chi connectivity index (χ2n) is 7.41. The fourth-order valence-electron chi connectivity index (χ4n) is 3.21. The molecule has 0 unspecified atom stereocenters. The number of nitrogens with zero attached hydrogens (tertiary/aromatic N) is 3. The van der Waals surface area contributed by atoms with Gasteiger partial charge in [-0.3, -0.25) is 9.59 Å². The summed E-state index contributed by atoms with van der Waals surface area (Å²) in [6, 6.07) is 12.8. The van der Waals surface area contributed by atoms with Crippen molar-refractivity contribution in [2.24, 2.45) is 0 Å². The van der Waals surface area contributed by atoms with Crippen LogP contribution in [-0.4, -0.2) is 60.0 Å². The monoisotopic (exact) mass is 484 g/mol. The first kappa shape index (κ1) is 25.1. The van der Waals surface area contributed by atoms with Crippen molar-refractivity contribution in [2.75, 3.05) is 38.4 Å². The first-order valence-electron chi connectivity index (χ1n) is 10.8. The smallest absolute Gasteiger partial charge is 0.277 e. The van der Waals surface area contributed by atoms with E-state index in [4.69, 9.17) is 13.9 Å². The van der Waals surface area contributed by atoms with Crippen molar-refractivity contribution in [3.8, 4) is 23.0 Å². The number of rotatable bonds is 11. The minimum Gasteiger partial charge on any atom is -0.493 e. The Kier molecular flexibility index (Phi) is 8.92. The second-order valence-corrected chi connectivity index (χ2v) is 8.34. The predicted octanol–water partition coefficient (Wildman–Crippen LogP) is 4.03. The van der Waals surface area contributed by atoms with E-state index in [0.29, 0.717) is 29.5 Å². The average molecular weight is 485 g/mol. The molecule has 0 aliphatic heterocycles. The molecule has 0 saturated carbocycles. The van der Waals surface area contributed by atoms with Crippen LogP contribution in [0.4, 0.5) is 5.69 Å². The first-order chi connectivity index (χ1) is 16.4. The Balaban J connectivity index is 1.59. The maximum atomic E-state index is 12.8. The zero-order valence-corrected chi connectivity index (χ0v) is 20.5. The van der Waals surface area contributed by atoms with E-state index in [9.17, 15) is 9.59 Å². The van der Waals surface area contributed by atoms with E-state index in [1.165, 1.54) is 4.90 Å². The standard InChI is InChI=1S/C24H28N4O5S/c1-5-12-28(14-21(29)25-18-9-7-6-8-16(18)2)22(30)15-34-24-27-26-23(33-24)17-10-11-19(31-3)20(13-17)32-4/h6-11,13H,5,12,14-15H2,1-4H3,(H,25,29). The summed E-state index contributed by atoms with van der Waals surface area (Å²) in [5, 5.41) is 11.2. The van der Waals surface area contributed by atoms with Crippen LogP contribution in [0, 0.1) is 6.92 Å². The molecular formula is C24H28N4O5S. The fraction of sp³-hybridized carbons (Fsp3) is 0.333. The minimum atomic E-state index is -0.241. The molecule has 10 heteroatoms. The lowest BCUT2D eigenvalue weighted by molar-refractivity contribution is -0.132. The molecule has 1 N–H and O–H groups in total. The largest absolute Gasteiger partial charge is 0.493 e.